The van der Waals surface area contributed by atoms with E-state index in [1.807, 2.05) is 31.2 Å². The normalized spacial score (nSPS) is 25.9. The van der Waals surface area contributed by atoms with Crippen LogP contribution in [0.5, 0.6) is 5.75 Å². The molecule has 2 aliphatic heterocycles. The van der Waals surface area contributed by atoms with E-state index < -0.39 is 11.6 Å². The number of carboxylic acids is 1. The topological polar surface area (TPSA) is 120 Å². The molecule has 33 heavy (non-hydrogen) atoms. The SMILES string of the molecule is C[C@@]1(CCC(=O)O)Oc2c(-c3ccccc3)cccc2[C@@H]2O[C@H](CCCN=C(N)N)CC[C@H]21. The Morgan fingerprint density at radius 2 is 1.94 bits per heavy atom. The lowest BCUT2D eigenvalue weighted by atomic mass is 9.71. The van der Waals surface area contributed by atoms with Crippen molar-refractivity contribution in [2.45, 2.75) is 63.3 Å². The Morgan fingerprint density at radius 1 is 1.15 bits per heavy atom. The number of nitrogens with two attached hydrogens (primary N) is 2. The minimum absolute atomic E-state index is 0.0600. The van der Waals surface area contributed by atoms with Crippen LogP contribution in [0.1, 0.15) is 57.1 Å². The molecule has 2 aromatic carbocycles. The number of hydrogen-bond donors (Lipinski definition) is 3. The molecular formula is C26H33N3O4. The molecule has 0 bridgehead atoms. The summed E-state index contributed by atoms with van der Waals surface area (Å²) in [6.45, 7) is 2.63. The van der Waals surface area contributed by atoms with Gasteiger partial charge in [-0.25, -0.2) is 0 Å². The summed E-state index contributed by atoms with van der Waals surface area (Å²) in [5.41, 5.74) is 13.4. The lowest BCUT2D eigenvalue weighted by Crippen LogP contribution is -2.50. The van der Waals surface area contributed by atoms with Crippen molar-refractivity contribution in [1.82, 2.24) is 0 Å². The Labute approximate surface area is 194 Å². The van der Waals surface area contributed by atoms with E-state index in [9.17, 15) is 9.90 Å². The maximum atomic E-state index is 11.4. The molecule has 2 aliphatic rings. The number of para-hydroxylation sites is 1. The molecule has 4 rings (SSSR count). The fourth-order valence-electron chi connectivity index (χ4n) is 5.18. The van der Waals surface area contributed by atoms with Crippen LogP contribution >= 0.6 is 0 Å². The summed E-state index contributed by atoms with van der Waals surface area (Å²) in [6.07, 6.45) is 4.01. The van der Waals surface area contributed by atoms with Crippen LogP contribution in [-0.2, 0) is 9.53 Å². The minimum atomic E-state index is -0.812. The Bertz CT molecular complexity index is 1010. The lowest BCUT2D eigenvalue weighted by molar-refractivity contribution is -0.162. The number of aliphatic carboxylic acids is 1. The number of ether oxygens (including phenoxy) is 2. The van der Waals surface area contributed by atoms with Gasteiger partial charge in [0.05, 0.1) is 12.2 Å². The average Bonchev–Trinajstić information content (AvgIpc) is 2.81. The third kappa shape index (κ3) is 5.14. The van der Waals surface area contributed by atoms with E-state index in [1.54, 1.807) is 0 Å². The summed E-state index contributed by atoms with van der Waals surface area (Å²) in [4.78, 5) is 15.5. The molecule has 176 valence electrons. The smallest absolute Gasteiger partial charge is 0.303 e. The van der Waals surface area contributed by atoms with Gasteiger partial charge in [0.25, 0.3) is 0 Å². The zero-order chi connectivity index (χ0) is 23.4. The predicted molar refractivity (Wildman–Crippen MR) is 128 cm³/mol. The van der Waals surface area contributed by atoms with Crippen molar-refractivity contribution < 1.29 is 19.4 Å². The molecule has 0 aliphatic carbocycles. The first-order chi connectivity index (χ1) is 15.9. The van der Waals surface area contributed by atoms with Crippen molar-refractivity contribution in [3.63, 3.8) is 0 Å². The van der Waals surface area contributed by atoms with Crippen LogP contribution in [0.25, 0.3) is 11.1 Å². The summed E-state index contributed by atoms with van der Waals surface area (Å²) in [7, 11) is 0. The Balaban J connectivity index is 1.65. The summed E-state index contributed by atoms with van der Waals surface area (Å²) < 4.78 is 13.4. The molecule has 7 heteroatoms. The van der Waals surface area contributed by atoms with Crippen molar-refractivity contribution in [2.24, 2.45) is 22.4 Å². The highest BCUT2D eigenvalue weighted by Gasteiger charge is 2.50. The number of carbonyl (C=O) groups is 1. The van der Waals surface area contributed by atoms with Crippen LogP contribution in [-0.4, -0.2) is 35.3 Å². The zero-order valence-electron chi connectivity index (χ0n) is 19.1. The Kier molecular flexibility index (Phi) is 6.88. The summed E-state index contributed by atoms with van der Waals surface area (Å²) >= 11 is 0. The Morgan fingerprint density at radius 3 is 2.67 bits per heavy atom. The van der Waals surface area contributed by atoms with Gasteiger partial charge in [0.15, 0.2) is 5.96 Å². The van der Waals surface area contributed by atoms with Crippen LogP contribution < -0.4 is 16.2 Å². The van der Waals surface area contributed by atoms with Gasteiger partial charge in [-0.2, -0.15) is 0 Å². The largest absolute Gasteiger partial charge is 0.486 e. The number of guanidine groups is 1. The minimum Gasteiger partial charge on any atom is -0.486 e. The fourth-order valence-corrected chi connectivity index (χ4v) is 5.18. The van der Waals surface area contributed by atoms with Crippen LogP contribution in [0, 0.1) is 5.92 Å². The van der Waals surface area contributed by atoms with E-state index in [4.69, 9.17) is 20.9 Å². The second kappa shape index (κ2) is 9.83. The van der Waals surface area contributed by atoms with Crippen molar-refractivity contribution in [3.05, 3.63) is 54.1 Å². The lowest BCUT2D eigenvalue weighted by Gasteiger charge is -2.50. The summed E-state index contributed by atoms with van der Waals surface area (Å²) in [5.74, 6) is 0.191. The zero-order valence-corrected chi connectivity index (χ0v) is 19.1. The second-order valence-corrected chi connectivity index (χ2v) is 9.21. The maximum Gasteiger partial charge on any atom is 0.303 e. The summed E-state index contributed by atoms with van der Waals surface area (Å²) in [6, 6.07) is 16.3. The molecular weight excluding hydrogens is 418 g/mol. The molecule has 1 saturated heterocycles. The molecule has 1 fully saturated rings. The van der Waals surface area contributed by atoms with Gasteiger partial charge in [-0.15, -0.1) is 0 Å². The number of nitrogens with zero attached hydrogens (tertiary/aromatic N) is 1. The number of rotatable bonds is 8. The standard InChI is InChI=1S/C26H33N3O4/c1-26(15-14-22(30)31)21-13-12-18(9-6-16-29-25(27)28)32-24(21)20-11-5-10-19(23(20)33-26)17-7-3-2-4-8-17/h2-5,7-8,10-11,18,21,24H,6,9,12-16H2,1H3,(H,30,31)(H4,27,28,29)/t18-,21-,24+,26+/m1/s1. The maximum absolute atomic E-state index is 11.4. The van der Waals surface area contributed by atoms with Gasteiger partial charge >= 0.3 is 5.97 Å². The van der Waals surface area contributed by atoms with Crippen molar-refractivity contribution in [3.8, 4) is 16.9 Å². The van der Waals surface area contributed by atoms with Gasteiger partial charge in [0.1, 0.15) is 11.4 Å². The molecule has 0 spiro atoms. The van der Waals surface area contributed by atoms with E-state index in [0.717, 1.165) is 48.1 Å². The van der Waals surface area contributed by atoms with Crippen LogP contribution in [0.2, 0.25) is 0 Å². The molecule has 4 atom stereocenters. The third-order valence-corrected chi connectivity index (χ3v) is 6.87. The van der Waals surface area contributed by atoms with E-state index in [1.165, 1.54) is 0 Å². The van der Waals surface area contributed by atoms with Gasteiger partial charge in [0, 0.05) is 30.0 Å². The van der Waals surface area contributed by atoms with Crippen molar-refractivity contribution in [1.29, 1.82) is 0 Å². The third-order valence-electron chi connectivity index (χ3n) is 6.87. The van der Waals surface area contributed by atoms with Gasteiger partial charge in [0.2, 0.25) is 0 Å². The number of hydrogen-bond acceptors (Lipinski definition) is 4. The first-order valence-electron chi connectivity index (χ1n) is 11.7. The first-order valence-corrected chi connectivity index (χ1v) is 11.7. The fraction of sp³-hybridized carbons (Fsp3) is 0.462. The monoisotopic (exact) mass is 451 g/mol. The van der Waals surface area contributed by atoms with Gasteiger partial charge in [-0.05, 0) is 44.6 Å². The van der Waals surface area contributed by atoms with Crippen molar-refractivity contribution >= 4 is 11.9 Å². The molecule has 2 heterocycles. The number of fused-ring (bicyclic) bond motifs is 3. The summed E-state index contributed by atoms with van der Waals surface area (Å²) in [5, 5.41) is 9.37. The molecule has 7 nitrogen and oxygen atoms in total. The molecule has 0 amide bonds. The predicted octanol–water partition coefficient (Wildman–Crippen LogP) is 4.26. The van der Waals surface area contributed by atoms with E-state index in [0.29, 0.717) is 13.0 Å². The van der Waals surface area contributed by atoms with Crippen LogP contribution in [0.3, 0.4) is 0 Å². The molecule has 0 saturated carbocycles. The van der Waals surface area contributed by atoms with E-state index in [-0.39, 0.29) is 30.5 Å². The number of carboxylic acid groups (broad SMARTS) is 1. The molecule has 0 unspecified atom stereocenters. The molecule has 2 aromatic rings. The van der Waals surface area contributed by atoms with Crippen LogP contribution in [0.15, 0.2) is 53.5 Å². The van der Waals surface area contributed by atoms with Gasteiger partial charge < -0.3 is 26.0 Å². The van der Waals surface area contributed by atoms with E-state index in [2.05, 4.69) is 29.3 Å². The highest BCUT2D eigenvalue weighted by Crippen LogP contribution is 2.54. The molecule has 0 aromatic heterocycles. The highest BCUT2D eigenvalue weighted by atomic mass is 16.5. The van der Waals surface area contributed by atoms with Gasteiger partial charge in [-0.3, -0.25) is 9.79 Å². The van der Waals surface area contributed by atoms with Crippen LogP contribution in [0.4, 0.5) is 0 Å². The number of aliphatic imine (C=N–C) groups is 1. The van der Waals surface area contributed by atoms with E-state index >= 15 is 0 Å². The average molecular weight is 452 g/mol. The Hall–Kier alpha value is -3.06. The van der Waals surface area contributed by atoms with Gasteiger partial charge in [-0.1, -0.05) is 48.5 Å². The second-order valence-electron chi connectivity index (χ2n) is 9.21. The van der Waals surface area contributed by atoms with Crippen molar-refractivity contribution in [2.75, 3.05) is 6.54 Å². The quantitative estimate of drug-likeness (QED) is 0.313. The number of benzene rings is 2. The molecule has 5 N–H and O–H groups in total. The molecule has 0 radical (unpaired) electrons. The highest BCUT2D eigenvalue weighted by molar-refractivity contribution is 5.75. The first kappa shape index (κ1) is 23.1.